The smallest absolute Gasteiger partial charge is 0.326 e. The fourth-order valence-corrected chi connectivity index (χ4v) is 1.78. The SMILES string of the molecule is CCOC(=O)CN(C(=O)C(C)(C)C)c1ccc(OC)cc1. The van der Waals surface area contributed by atoms with E-state index in [4.69, 9.17) is 9.47 Å². The first-order chi connectivity index (χ1) is 9.79. The van der Waals surface area contributed by atoms with E-state index in [1.54, 1.807) is 38.3 Å². The second kappa shape index (κ2) is 7.11. The average Bonchev–Trinajstić information content (AvgIpc) is 2.43. The summed E-state index contributed by atoms with van der Waals surface area (Å²) in [5.41, 5.74) is 0.0515. The van der Waals surface area contributed by atoms with Crippen LogP contribution in [0.4, 0.5) is 5.69 Å². The number of nitrogens with zero attached hydrogens (tertiary/aromatic N) is 1. The molecule has 0 radical (unpaired) electrons. The van der Waals surface area contributed by atoms with Crippen LogP contribution in [0.1, 0.15) is 27.7 Å². The monoisotopic (exact) mass is 293 g/mol. The van der Waals surface area contributed by atoms with Crippen molar-refractivity contribution in [3.8, 4) is 5.75 Å². The van der Waals surface area contributed by atoms with Crippen LogP contribution in [0.3, 0.4) is 0 Å². The summed E-state index contributed by atoms with van der Waals surface area (Å²) in [6.07, 6.45) is 0. The summed E-state index contributed by atoms with van der Waals surface area (Å²) in [7, 11) is 1.58. The molecule has 1 amide bonds. The molecule has 1 aromatic carbocycles. The molecule has 5 nitrogen and oxygen atoms in total. The van der Waals surface area contributed by atoms with Gasteiger partial charge in [0.15, 0.2) is 0 Å². The maximum atomic E-state index is 12.5. The van der Waals surface area contributed by atoms with E-state index in [2.05, 4.69) is 0 Å². The molecule has 1 aromatic rings. The number of hydrogen-bond acceptors (Lipinski definition) is 4. The Balaban J connectivity index is 3.05. The highest BCUT2D eigenvalue weighted by Crippen LogP contribution is 2.25. The molecule has 5 heteroatoms. The first-order valence-electron chi connectivity index (χ1n) is 6.91. The minimum absolute atomic E-state index is 0.101. The summed E-state index contributed by atoms with van der Waals surface area (Å²) >= 11 is 0. The van der Waals surface area contributed by atoms with Gasteiger partial charge in [0.25, 0.3) is 0 Å². The maximum absolute atomic E-state index is 12.5. The molecule has 21 heavy (non-hydrogen) atoms. The Morgan fingerprint density at radius 2 is 1.71 bits per heavy atom. The molecule has 0 heterocycles. The summed E-state index contributed by atoms with van der Waals surface area (Å²) in [6.45, 7) is 7.38. The van der Waals surface area contributed by atoms with Crippen LogP contribution in [-0.4, -0.2) is 32.1 Å². The van der Waals surface area contributed by atoms with E-state index in [-0.39, 0.29) is 12.5 Å². The van der Waals surface area contributed by atoms with Crippen LogP contribution in [0, 0.1) is 5.41 Å². The molecule has 0 aliphatic heterocycles. The second-order valence-electron chi connectivity index (χ2n) is 5.64. The number of ether oxygens (including phenoxy) is 2. The Bertz CT molecular complexity index is 488. The van der Waals surface area contributed by atoms with Gasteiger partial charge in [-0.2, -0.15) is 0 Å². The normalized spacial score (nSPS) is 10.9. The number of anilines is 1. The highest BCUT2D eigenvalue weighted by atomic mass is 16.5. The third kappa shape index (κ3) is 4.77. The van der Waals surface area contributed by atoms with Crippen LogP contribution in [0.5, 0.6) is 5.75 Å². The van der Waals surface area contributed by atoms with Crippen molar-refractivity contribution >= 4 is 17.6 Å². The average molecular weight is 293 g/mol. The topological polar surface area (TPSA) is 55.8 Å². The van der Waals surface area contributed by atoms with Crippen molar-refractivity contribution in [2.75, 3.05) is 25.2 Å². The van der Waals surface area contributed by atoms with Gasteiger partial charge in [0, 0.05) is 11.1 Å². The Hall–Kier alpha value is -2.04. The van der Waals surface area contributed by atoms with E-state index in [1.807, 2.05) is 20.8 Å². The van der Waals surface area contributed by atoms with Crippen LogP contribution in [0.15, 0.2) is 24.3 Å². The standard InChI is InChI=1S/C16H23NO4/c1-6-21-14(18)11-17(15(19)16(2,3)4)12-7-9-13(20-5)10-8-12/h7-10H,6,11H2,1-5H3. The summed E-state index contributed by atoms with van der Waals surface area (Å²) in [5.74, 6) is 0.129. The third-order valence-electron chi connectivity index (χ3n) is 2.86. The molecule has 0 saturated carbocycles. The number of carbonyl (C=O) groups is 2. The van der Waals surface area contributed by atoms with Gasteiger partial charge in [-0.3, -0.25) is 9.59 Å². The molecule has 0 N–H and O–H groups in total. The largest absolute Gasteiger partial charge is 0.497 e. The van der Waals surface area contributed by atoms with Gasteiger partial charge >= 0.3 is 5.97 Å². The number of hydrogen-bond donors (Lipinski definition) is 0. The molecule has 0 aliphatic carbocycles. The Labute approximate surface area is 125 Å². The molecular formula is C16H23NO4. The van der Waals surface area contributed by atoms with Crippen molar-refractivity contribution < 1.29 is 19.1 Å². The minimum atomic E-state index is -0.591. The molecule has 0 spiro atoms. The molecule has 0 bridgehead atoms. The van der Waals surface area contributed by atoms with E-state index in [0.29, 0.717) is 18.0 Å². The molecule has 116 valence electrons. The summed E-state index contributed by atoms with van der Waals surface area (Å²) < 4.78 is 10.0. The predicted octanol–water partition coefficient (Wildman–Crippen LogP) is 2.64. The van der Waals surface area contributed by atoms with Gasteiger partial charge in [-0.25, -0.2) is 0 Å². The number of benzene rings is 1. The summed E-state index contributed by atoms with van der Waals surface area (Å²) in [5, 5.41) is 0. The highest BCUT2D eigenvalue weighted by molar-refractivity contribution is 6.00. The molecule has 1 rings (SSSR count). The zero-order chi connectivity index (χ0) is 16.0. The van der Waals surface area contributed by atoms with Gasteiger partial charge in [0.1, 0.15) is 12.3 Å². The quantitative estimate of drug-likeness (QED) is 0.783. The zero-order valence-corrected chi connectivity index (χ0v) is 13.3. The number of rotatable bonds is 5. The number of amides is 1. The molecular weight excluding hydrogens is 270 g/mol. The van der Waals surface area contributed by atoms with E-state index in [0.717, 1.165) is 0 Å². The lowest BCUT2D eigenvalue weighted by Gasteiger charge is -2.28. The summed E-state index contributed by atoms with van der Waals surface area (Å²) in [4.78, 5) is 25.7. The molecule has 0 aromatic heterocycles. The van der Waals surface area contributed by atoms with Crippen LogP contribution >= 0.6 is 0 Å². The fourth-order valence-electron chi connectivity index (χ4n) is 1.78. The first-order valence-corrected chi connectivity index (χ1v) is 6.91. The fraction of sp³-hybridized carbons (Fsp3) is 0.500. The van der Waals surface area contributed by atoms with Crippen molar-refractivity contribution in [3.63, 3.8) is 0 Å². The zero-order valence-electron chi connectivity index (χ0n) is 13.3. The van der Waals surface area contributed by atoms with Crippen molar-refractivity contribution in [2.45, 2.75) is 27.7 Å². The lowest BCUT2D eigenvalue weighted by molar-refractivity contribution is -0.142. The van der Waals surface area contributed by atoms with Crippen molar-refractivity contribution in [1.29, 1.82) is 0 Å². The predicted molar refractivity (Wildman–Crippen MR) is 81.4 cm³/mol. The lowest BCUT2D eigenvalue weighted by atomic mass is 9.94. The number of esters is 1. The Morgan fingerprint density at radius 3 is 2.14 bits per heavy atom. The van der Waals surface area contributed by atoms with Crippen molar-refractivity contribution in [2.24, 2.45) is 5.41 Å². The van der Waals surface area contributed by atoms with Gasteiger partial charge in [-0.05, 0) is 31.2 Å². The van der Waals surface area contributed by atoms with E-state index in [1.165, 1.54) is 4.90 Å². The minimum Gasteiger partial charge on any atom is -0.497 e. The molecule has 0 aliphatic rings. The lowest BCUT2D eigenvalue weighted by Crippen LogP contribution is -2.43. The van der Waals surface area contributed by atoms with E-state index >= 15 is 0 Å². The van der Waals surface area contributed by atoms with Gasteiger partial charge in [0.2, 0.25) is 5.91 Å². The van der Waals surface area contributed by atoms with Crippen molar-refractivity contribution in [3.05, 3.63) is 24.3 Å². The third-order valence-corrected chi connectivity index (χ3v) is 2.86. The van der Waals surface area contributed by atoms with Gasteiger partial charge in [0.05, 0.1) is 13.7 Å². The van der Waals surface area contributed by atoms with Gasteiger partial charge in [-0.15, -0.1) is 0 Å². The van der Waals surface area contributed by atoms with Crippen LogP contribution < -0.4 is 9.64 Å². The molecule has 0 unspecified atom stereocenters. The number of carbonyl (C=O) groups excluding carboxylic acids is 2. The van der Waals surface area contributed by atoms with E-state index in [9.17, 15) is 9.59 Å². The van der Waals surface area contributed by atoms with Crippen LogP contribution in [-0.2, 0) is 14.3 Å². The van der Waals surface area contributed by atoms with E-state index < -0.39 is 11.4 Å². The number of methoxy groups -OCH3 is 1. The molecule has 0 atom stereocenters. The first kappa shape index (κ1) is 17.0. The Kier molecular flexibility index (Phi) is 5.76. The second-order valence-corrected chi connectivity index (χ2v) is 5.64. The summed E-state index contributed by atoms with van der Waals surface area (Å²) in [6, 6.07) is 7.01. The van der Waals surface area contributed by atoms with Crippen LogP contribution in [0.2, 0.25) is 0 Å². The van der Waals surface area contributed by atoms with Crippen LogP contribution in [0.25, 0.3) is 0 Å². The van der Waals surface area contributed by atoms with Gasteiger partial charge in [-0.1, -0.05) is 20.8 Å². The molecule has 0 fully saturated rings. The highest BCUT2D eigenvalue weighted by Gasteiger charge is 2.30. The van der Waals surface area contributed by atoms with Crippen molar-refractivity contribution in [1.82, 2.24) is 0 Å². The Morgan fingerprint density at radius 1 is 1.14 bits per heavy atom. The molecule has 0 saturated heterocycles. The maximum Gasteiger partial charge on any atom is 0.326 e. The van der Waals surface area contributed by atoms with Gasteiger partial charge < -0.3 is 14.4 Å².